The number of Topliss-reactive ketones (excluding diaryl/α,β-unsaturated/α-hetero) is 2. The molecule has 0 amide bonds. The van der Waals surface area contributed by atoms with Crippen molar-refractivity contribution < 1.29 is 9.59 Å². The predicted molar refractivity (Wildman–Crippen MR) is 120 cm³/mol. The lowest BCUT2D eigenvalue weighted by Crippen LogP contribution is -2.07. The van der Waals surface area contributed by atoms with Gasteiger partial charge in [0.1, 0.15) is 5.78 Å². The number of rotatable bonds is 18. The minimum Gasteiger partial charge on any atom is -0.299 e. The van der Waals surface area contributed by atoms with Gasteiger partial charge in [-0.15, -0.1) is 0 Å². The van der Waals surface area contributed by atoms with Crippen LogP contribution < -0.4 is 0 Å². The molecule has 2 heteroatoms. The fourth-order valence-electron chi connectivity index (χ4n) is 3.39. The first kappa shape index (κ1) is 24.3. The third-order valence-corrected chi connectivity index (χ3v) is 5.17. The molecule has 0 unspecified atom stereocenters. The summed E-state index contributed by atoms with van der Waals surface area (Å²) in [7, 11) is 0. The van der Waals surface area contributed by atoms with E-state index in [1.807, 2.05) is 18.2 Å². The van der Waals surface area contributed by atoms with E-state index in [9.17, 15) is 9.59 Å². The maximum atomic E-state index is 12.0. The van der Waals surface area contributed by atoms with Crippen molar-refractivity contribution >= 4 is 11.6 Å². The molecule has 156 valence electrons. The normalized spacial score (nSPS) is 11.2. The second-order valence-corrected chi connectivity index (χ2v) is 7.84. The van der Waals surface area contributed by atoms with Crippen LogP contribution in [-0.4, -0.2) is 11.6 Å². The zero-order valence-electron chi connectivity index (χ0n) is 18.0. The largest absolute Gasteiger partial charge is 0.299 e. The molecule has 0 aliphatic carbocycles. The smallest absolute Gasteiger partial charge is 0.170 e. The van der Waals surface area contributed by atoms with Crippen LogP contribution in [0.2, 0.25) is 0 Å². The molecule has 0 radical (unpaired) electrons. The van der Waals surface area contributed by atoms with E-state index in [1.54, 1.807) is 12.1 Å². The standard InChI is InChI=1S/C26H40O2/c1-2-3-4-5-6-7-8-9-10-11-12-13-14-15-19-22-25(27)23-26(28)24-20-17-16-18-21-24/h9-10,16-18,20-21H,2-8,11-15,19,22-23H2,1H3/b10-9-. The van der Waals surface area contributed by atoms with Crippen LogP contribution in [0.5, 0.6) is 0 Å². The van der Waals surface area contributed by atoms with Crippen LogP contribution in [-0.2, 0) is 4.79 Å². The van der Waals surface area contributed by atoms with Crippen molar-refractivity contribution in [1.82, 2.24) is 0 Å². The van der Waals surface area contributed by atoms with Crippen molar-refractivity contribution in [2.24, 2.45) is 0 Å². The summed E-state index contributed by atoms with van der Waals surface area (Å²) in [6, 6.07) is 9.10. The molecule has 0 atom stereocenters. The molecule has 0 heterocycles. The number of carbonyl (C=O) groups is 2. The van der Waals surface area contributed by atoms with Crippen LogP contribution in [0.4, 0.5) is 0 Å². The van der Waals surface area contributed by atoms with Gasteiger partial charge >= 0.3 is 0 Å². The highest BCUT2D eigenvalue weighted by Crippen LogP contribution is 2.11. The van der Waals surface area contributed by atoms with Crippen LogP contribution >= 0.6 is 0 Å². The third-order valence-electron chi connectivity index (χ3n) is 5.17. The second kappa shape index (κ2) is 17.4. The molecule has 1 aromatic carbocycles. The van der Waals surface area contributed by atoms with E-state index in [4.69, 9.17) is 0 Å². The van der Waals surface area contributed by atoms with Gasteiger partial charge < -0.3 is 0 Å². The summed E-state index contributed by atoms with van der Waals surface area (Å²) < 4.78 is 0. The number of carbonyl (C=O) groups excluding carboxylic acids is 2. The van der Waals surface area contributed by atoms with E-state index in [2.05, 4.69) is 19.1 Å². The number of benzene rings is 1. The van der Waals surface area contributed by atoms with Gasteiger partial charge in [0.05, 0.1) is 6.42 Å². The molecule has 0 saturated heterocycles. The molecule has 0 aliphatic heterocycles. The monoisotopic (exact) mass is 384 g/mol. The molecular formula is C26H40O2. The molecule has 2 nitrogen and oxygen atoms in total. The van der Waals surface area contributed by atoms with Gasteiger partial charge in [0.2, 0.25) is 0 Å². The summed E-state index contributed by atoms with van der Waals surface area (Å²) >= 11 is 0. The summed E-state index contributed by atoms with van der Waals surface area (Å²) in [5.41, 5.74) is 0.639. The highest BCUT2D eigenvalue weighted by atomic mass is 16.1. The highest BCUT2D eigenvalue weighted by molar-refractivity contribution is 6.07. The Kier molecular flexibility index (Phi) is 15.1. The van der Waals surface area contributed by atoms with Crippen LogP contribution in [0.1, 0.15) is 114 Å². The highest BCUT2D eigenvalue weighted by Gasteiger charge is 2.10. The fraction of sp³-hybridized carbons (Fsp3) is 0.615. The van der Waals surface area contributed by atoms with Crippen molar-refractivity contribution in [2.75, 3.05) is 0 Å². The summed E-state index contributed by atoms with van der Waals surface area (Å²) in [4.78, 5) is 23.9. The molecule has 0 spiro atoms. The lowest BCUT2D eigenvalue weighted by molar-refractivity contribution is -0.118. The molecule has 0 aromatic heterocycles. The van der Waals surface area contributed by atoms with Gasteiger partial charge in [0, 0.05) is 12.0 Å². The van der Waals surface area contributed by atoms with E-state index in [0.29, 0.717) is 12.0 Å². The van der Waals surface area contributed by atoms with Gasteiger partial charge in [0.25, 0.3) is 0 Å². The Morgan fingerprint density at radius 1 is 0.714 bits per heavy atom. The van der Waals surface area contributed by atoms with Gasteiger partial charge in [0.15, 0.2) is 5.78 Å². The van der Waals surface area contributed by atoms with Crippen LogP contribution in [0.15, 0.2) is 42.5 Å². The van der Waals surface area contributed by atoms with Crippen LogP contribution in [0.3, 0.4) is 0 Å². The Balaban J connectivity index is 1.89. The molecule has 1 aromatic rings. The summed E-state index contributed by atoms with van der Waals surface area (Å²) in [5.74, 6) is 0.0184. The summed E-state index contributed by atoms with van der Waals surface area (Å²) in [5, 5.41) is 0. The number of allylic oxidation sites excluding steroid dienone is 2. The van der Waals surface area contributed by atoms with E-state index < -0.39 is 0 Å². The van der Waals surface area contributed by atoms with Gasteiger partial charge in [-0.1, -0.05) is 101 Å². The Labute approximate surface area is 172 Å². The molecule has 28 heavy (non-hydrogen) atoms. The van der Waals surface area contributed by atoms with E-state index >= 15 is 0 Å². The zero-order valence-corrected chi connectivity index (χ0v) is 18.0. The SMILES string of the molecule is CCCCCCCC/C=C\CCCCCCCC(=O)CC(=O)c1ccccc1. The first-order chi connectivity index (χ1) is 13.7. The van der Waals surface area contributed by atoms with Crippen LogP contribution in [0.25, 0.3) is 0 Å². The molecular weight excluding hydrogens is 344 g/mol. The molecule has 0 saturated carbocycles. The fourth-order valence-corrected chi connectivity index (χ4v) is 3.39. The number of hydrogen-bond acceptors (Lipinski definition) is 2. The topological polar surface area (TPSA) is 34.1 Å². The minimum absolute atomic E-state index is 0.0490. The maximum absolute atomic E-state index is 12.0. The Morgan fingerprint density at radius 3 is 1.86 bits per heavy atom. The van der Waals surface area contributed by atoms with Gasteiger partial charge in [-0.25, -0.2) is 0 Å². The average Bonchev–Trinajstić information content (AvgIpc) is 2.71. The first-order valence-electron chi connectivity index (χ1n) is 11.5. The van der Waals surface area contributed by atoms with Crippen molar-refractivity contribution in [2.45, 2.75) is 103 Å². The second-order valence-electron chi connectivity index (χ2n) is 7.84. The average molecular weight is 385 g/mol. The van der Waals surface area contributed by atoms with Crippen molar-refractivity contribution in [3.05, 3.63) is 48.0 Å². The first-order valence-corrected chi connectivity index (χ1v) is 11.5. The zero-order chi connectivity index (χ0) is 20.3. The predicted octanol–water partition coefficient (Wildman–Crippen LogP) is 7.87. The lowest BCUT2D eigenvalue weighted by atomic mass is 10.0. The maximum Gasteiger partial charge on any atom is 0.170 e. The number of hydrogen-bond donors (Lipinski definition) is 0. The van der Waals surface area contributed by atoms with E-state index in [1.165, 1.54) is 70.6 Å². The van der Waals surface area contributed by atoms with Gasteiger partial charge in [-0.2, -0.15) is 0 Å². The third kappa shape index (κ3) is 13.5. The van der Waals surface area contributed by atoms with E-state index in [0.717, 1.165) is 12.8 Å². The summed E-state index contributed by atoms with van der Waals surface area (Å²) in [6.07, 6.45) is 21.6. The molecule has 0 bridgehead atoms. The van der Waals surface area contributed by atoms with Crippen LogP contribution in [0, 0.1) is 0 Å². The Hall–Kier alpha value is -1.70. The number of ketones is 2. The van der Waals surface area contributed by atoms with Gasteiger partial charge in [-0.3, -0.25) is 9.59 Å². The Bertz CT molecular complexity index is 545. The summed E-state index contributed by atoms with van der Waals surface area (Å²) in [6.45, 7) is 2.26. The van der Waals surface area contributed by atoms with Crippen molar-refractivity contribution in [3.63, 3.8) is 0 Å². The minimum atomic E-state index is -0.0571. The molecule has 0 N–H and O–H groups in total. The van der Waals surface area contributed by atoms with Crippen molar-refractivity contribution in [1.29, 1.82) is 0 Å². The molecule has 0 fully saturated rings. The quantitative estimate of drug-likeness (QED) is 0.112. The lowest BCUT2D eigenvalue weighted by Gasteiger charge is -2.02. The van der Waals surface area contributed by atoms with Gasteiger partial charge in [-0.05, 0) is 32.1 Å². The molecule has 0 aliphatic rings. The Morgan fingerprint density at radius 2 is 1.25 bits per heavy atom. The molecule has 1 rings (SSSR count). The van der Waals surface area contributed by atoms with E-state index in [-0.39, 0.29) is 18.0 Å². The van der Waals surface area contributed by atoms with Crippen molar-refractivity contribution in [3.8, 4) is 0 Å². The number of unbranched alkanes of at least 4 members (excludes halogenated alkanes) is 11.